The number of rotatable bonds is 7. The molecule has 0 saturated heterocycles. The molecule has 2 aromatic rings. The van der Waals surface area contributed by atoms with Gasteiger partial charge in [0.25, 0.3) is 0 Å². The lowest BCUT2D eigenvalue weighted by atomic mass is 10.1. The fourth-order valence-corrected chi connectivity index (χ4v) is 1.80. The lowest BCUT2D eigenvalue weighted by Crippen LogP contribution is -2.16. The highest BCUT2D eigenvalue weighted by Gasteiger charge is 2.01. The van der Waals surface area contributed by atoms with Gasteiger partial charge in [0.05, 0.1) is 5.56 Å². The maximum Gasteiger partial charge on any atom is 0.335 e. The molecule has 100 valence electrons. The largest absolute Gasteiger partial charge is 0.478 e. The molecule has 0 atom stereocenters. The first kappa shape index (κ1) is 13.3. The zero-order chi connectivity index (χ0) is 13.5. The van der Waals surface area contributed by atoms with Crippen molar-refractivity contribution in [1.29, 1.82) is 0 Å². The Morgan fingerprint density at radius 1 is 1.32 bits per heavy atom. The van der Waals surface area contributed by atoms with Crippen LogP contribution in [0.25, 0.3) is 0 Å². The van der Waals surface area contributed by atoms with Gasteiger partial charge in [-0.2, -0.15) is 5.10 Å². The standard InChI is InChI=1S/C14H17N3O2/c18-14(19)13-5-3-12(4-6-13)11-15-7-1-9-17-10-2-8-16-17/h2-6,8,10,15H,1,7,9,11H2,(H,18,19). The van der Waals surface area contributed by atoms with E-state index in [2.05, 4.69) is 10.4 Å². The summed E-state index contributed by atoms with van der Waals surface area (Å²) < 4.78 is 1.91. The molecule has 5 heteroatoms. The van der Waals surface area contributed by atoms with E-state index >= 15 is 0 Å². The summed E-state index contributed by atoms with van der Waals surface area (Å²) in [6.07, 6.45) is 4.73. The summed E-state index contributed by atoms with van der Waals surface area (Å²) in [6, 6.07) is 8.84. The van der Waals surface area contributed by atoms with Gasteiger partial charge in [-0.05, 0) is 36.7 Å². The Morgan fingerprint density at radius 2 is 2.11 bits per heavy atom. The summed E-state index contributed by atoms with van der Waals surface area (Å²) in [6.45, 7) is 2.55. The van der Waals surface area contributed by atoms with Crippen molar-refractivity contribution in [2.24, 2.45) is 0 Å². The van der Waals surface area contributed by atoms with Crippen LogP contribution in [-0.2, 0) is 13.1 Å². The van der Waals surface area contributed by atoms with Crippen molar-refractivity contribution in [2.45, 2.75) is 19.5 Å². The number of nitrogens with one attached hydrogen (secondary N) is 1. The Morgan fingerprint density at radius 3 is 2.74 bits per heavy atom. The molecule has 0 spiro atoms. The first-order chi connectivity index (χ1) is 9.25. The minimum atomic E-state index is -0.890. The van der Waals surface area contributed by atoms with Crippen molar-refractivity contribution in [2.75, 3.05) is 6.54 Å². The van der Waals surface area contributed by atoms with E-state index in [0.29, 0.717) is 5.56 Å². The van der Waals surface area contributed by atoms with Gasteiger partial charge in [-0.25, -0.2) is 4.79 Å². The monoisotopic (exact) mass is 259 g/mol. The lowest BCUT2D eigenvalue weighted by molar-refractivity contribution is 0.0697. The Hall–Kier alpha value is -2.14. The molecule has 1 aromatic carbocycles. The second-order valence-electron chi connectivity index (χ2n) is 4.30. The van der Waals surface area contributed by atoms with Crippen LogP contribution in [0, 0.1) is 0 Å². The molecule has 0 bridgehead atoms. The van der Waals surface area contributed by atoms with Crippen LogP contribution >= 0.6 is 0 Å². The van der Waals surface area contributed by atoms with E-state index in [1.165, 1.54) is 0 Å². The highest BCUT2D eigenvalue weighted by Crippen LogP contribution is 2.04. The average molecular weight is 259 g/mol. The molecule has 0 saturated carbocycles. The third-order valence-electron chi connectivity index (χ3n) is 2.83. The minimum absolute atomic E-state index is 0.322. The quantitative estimate of drug-likeness (QED) is 0.743. The van der Waals surface area contributed by atoms with Crippen molar-refractivity contribution >= 4 is 5.97 Å². The molecule has 0 fully saturated rings. The van der Waals surface area contributed by atoms with E-state index in [1.54, 1.807) is 18.3 Å². The van der Waals surface area contributed by atoms with E-state index in [1.807, 2.05) is 29.1 Å². The summed E-state index contributed by atoms with van der Waals surface area (Å²) in [5.74, 6) is -0.890. The van der Waals surface area contributed by atoms with Gasteiger partial charge in [0.1, 0.15) is 0 Å². The number of aryl methyl sites for hydroxylation is 1. The fraction of sp³-hybridized carbons (Fsp3) is 0.286. The SMILES string of the molecule is O=C(O)c1ccc(CNCCCn2cccn2)cc1. The molecular formula is C14H17N3O2. The first-order valence-electron chi connectivity index (χ1n) is 6.26. The van der Waals surface area contributed by atoms with E-state index in [9.17, 15) is 4.79 Å². The molecule has 19 heavy (non-hydrogen) atoms. The molecule has 0 unspecified atom stereocenters. The number of benzene rings is 1. The van der Waals surface area contributed by atoms with Crippen LogP contribution in [0.1, 0.15) is 22.3 Å². The van der Waals surface area contributed by atoms with Crippen molar-refractivity contribution in [3.8, 4) is 0 Å². The van der Waals surface area contributed by atoms with Crippen LogP contribution in [0.15, 0.2) is 42.7 Å². The van der Waals surface area contributed by atoms with Crippen LogP contribution in [0.5, 0.6) is 0 Å². The number of carbonyl (C=O) groups is 1. The van der Waals surface area contributed by atoms with Gasteiger partial charge in [0, 0.05) is 25.5 Å². The van der Waals surface area contributed by atoms with Crippen LogP contribution in [0.3, 0.4) is 0 Å². The molecule has 1 aromatic heterocycles. The van der Waals surface area contributed by atoms with Gasteiger partial charge in [-0.15, -0.1) is 0 Å². The lowest BCUT2D eigenvalue weighted by Gasteiger charge is -2.05. The van der Waals surface area contributed by atoms with Crippen LogP contribution in [0.2, 0.25) is 0 Å². The van der Waals surface area contributed by atoms with Crippen molar-refractivity contribution in [3.05, 3.63) is 53.9 Å². The summed E-state index contributed by atoms with van der Waals surface area (Å²) >= 11 is 0. The Bertz CT molecular complexity index is 506. The summed E-state index contributed by atoms with van der Waals surface area (Å²) in [4.78, 5) is 10.7. The zero-order valence-electron chi connectivity index (χ0n) is 10.6. The van der Waals surface area contributed by atoms with E-state index < -0.39 is 5.97 Å². The van der Waals surface area contributed by atoms with Crippen LogP contribution < -0.4 is 5.32 Å². The number of aromatic nitrogens is 2. The molecule has 0 amide bonds. The normalized spacial score (nSPS) is 10.5. The van der Waals surface area contributed by atoms with Gasteiger partial charge < -0.3 is 10.4 Å². The average Bonchev–Trinajstić information content (AvgIpc) is 2.92. The van der Waals surface area contributed by atoms with E-state index in [-0.39, 0.29) is 0 Å². The third kappa shape index (κ3) is 4.22. The molecule has 5 nitrogen and oxygen atoms in total. The minimum Gasteiger partial charge on any atom is -0.478 e. The van der Waals surface area contributed by atoms with Crippen molar-refractivity contribution in [3.63, 3.8) is 0 Å². The molecular weight excluding hydrogens is 242 g/mol. The Labute approximate surface area is 111 Å². The summed E-state index contributed by atoms with van der Waals surface area (Å²) in [5.41, 5.74) is 1.41. The molecule has 0 aliphatic rings. The number of hydrogen-bond donors (Lipinski definition) is 2. The van der Waals surface area contributed by atoms with Gasteiger partial charge in [-0.3, -0.25) is 4.68 Å². The summed E-state index contributed by atoms with van der Waals surface area (Å²) in [5, 5.41) is 16.2. The van der Waals surface area contributed by atoms with Gasteiger partial charge in [0.15, 0.2) is 0 Å². The van der Waals surface area contributed by atoms with Crippen LogP contribution in [-0.4, -0.2) is 27.4 Å². The maximum absolute atomic E-state index is 10.7. The molecule has 2 N–H and O–H groups in total. The second-order valence-corrected chi connectivity index (χ2v) is 4.30. The van der Waals surface area contributed by atoms with Gasteiger partial charge >= 0.3 is 5.97 Å². The number of carboxylic acid groups (broad SMARTS) is 1. The summed E-state index contributed by atoms with van der Waals surface area (Å²) in [7, 11) is 0. The number of carboxylic acids is 1. The predicted octanol–water partition coefficient (Wildman–Crippen LogP) is 1.76. The third-order valence-corrected chi connectivity index (χ3v) is 2.83. The Kier molecular flexibility index (Phi) is 4.69. The molecule has 0 aliphatic heterocycles. The Balaban J connectivity index is 1.66. The molecule has 1 heterocycles. The number of hydrogen-bond acceptors (Lipinski definition) is 3. The second kappa shape index (κ2) is 6.70. The van der Waals surface area contributed by atoms with Gasteiger partial charge in [0.2, 0.25) is 0 Å². The molecule has 0 aliphatic carbocycles. The van der Waals surface area contributed by atoms with E-state index in [0.717, 1.165) is 31.6 Å². The molecule has 2 rings (SSSR count). The highest BCUT2D eigenvalue weighted by atomic mass is 16.4. The van der Waals surface area contributed by atoms with Crippen molar-refractivity contribution < 1.29 is 9.90 Å². The van der Waals surface area contributed by atoms with Crippen molar-refractivity contribution in [1.82, 2.24) is 15.1 Å². The fourth-order valence-electron chi connectivity index (χ4n) is 1.80. The number of nitrogens with zero attached hydrogens (tertiary/aromatic N) is 2. The zero-order valence-corrected chi connectivity index (χ0v) is 10.6. The predicted molar refractivity (Wildman–Crippen MR) is 72.0 cm³/mol. The highest BCUT2D eigenvalue weighted by molar-refractivity contribution is 5.87. The smallest absolute Gasteiger partial charge is 0.335 e. The van der Waals surface area contributed by atoms with Crippen LogP contribution in [0.4, 0.5) is 0 Å². The van der Waals surface area contributed by atoms with E-state index in [4.69, 9.17) is 5.11 Å². The number of aromatic carboxylic acids is 1. The van der Waals surface area contributed by atoms with Gasteiger partial charge in [-0.1, -0.05) is 12.1 Å². The maximum atomic E-state index is 10.7. The first-order valence-corrected chi connectivity index (χ1v) is 6.26. The topological polar surface area (TPSA) is 67.2 Å². The molecule has 0 radical (unpaired) electrons.